The highest BCUT2D eigenvalue weighted by Gasteiger charge is 2.37. The lowest BCUT2D eigenvalue weighted by molar-refractivity contribution is -0.205. The zero-order chi connectivity index (χ0) is 20.7. The molecule has 0 aliphatic carbocycles. The maximum Gasteiger partial charge on any atom is 0.414 e. The Morgan fingerprint density at radius 2 is 1.89 bits per heavy atom. The van der Waals surface area contributed by atoms with Crippen LogP contribution in [0.25, 0.3) is 10.8 Å². The van der Waals surface area contributed by atoms with Crippen molar-refractivity contribution in [1.29, 1.82) is 0 Å². The quantitative estimate of drug-likeness (QED) is 0.688. The number of carbonyl (C=O) groups excluding carboxylic acids is 1. The normalized spacial score (nSPS) is 17.7. The molecule has 7 nitrogen and oxygen atoms in total. The predicted molar refractivity (Wildman–Crippen MR) is 95.0 cm³/mol. The SMILES string of the molecule is O=C1CN(c2cc3cc(CCCC(O)C(F)(F)F)ccc3cc2O)S(=O)(=O)N1. The molecular formula is C17H17F3N2O5S. The van der Waals surface area contributed by atoms with Gasteiger partial charge in [-0.15, -0.1) is 0 Å². The van der Waals surface area contributed by atoms with Gasteiger partial charge in [-0.1, -0.05) is 18.2 Å². The lowest BCUT2D eigenvalue weighted by atomic mass is 10.0. The van der Waals surface area contributed by atoms with Crippen LogP contribution in [-0.2, 0) is 21.4 Å². The number of anilines is 1. The highest BCUT2D eigenvalue weighted by Crippen LogP contribution is 2.35. The van der Waals surface area contributed by atoms with E-state index >= 15 is 0 Å². The van der Waals surface area contributed by atoms with Crippen LogP contribution >= 0.6 is 0 Å². The standard InChI is InChI=1S/C17H17F3N2O5S/c18-17(19,20)15(24)3-1-2-10-4-5-11-8-14(23)13(7-12(11)6-10)22-9-16(25)21-28(22,26)27/h4-8,15,23-24H,1-3,9H2,(H,21,25). The minimum Gasteiger partial charge on any atom is -0.506 e. The molecule has 0 aromatic heterocycles. The van der Waals surface area contributed by atoms with Crippen LogP contribution in [0.2, 0.25) is 0 Å². The summed E-state index contributed by atoms with van der Waals surface area (Å²) in [6, 6.07) is 7.74. The molecule has 1 unspecified atom stereocenters. The highest BCUT2D eigenvalue weighted by atomic mass is 32.2. The molecule has 1 atom stereocenters. The van der Waals surface area contributed by atoms with E-state index in [4.69, 9.17) is 5.11 Å². The Bertz CT molecular complexity index is 1020. The second kappa shape index (κ2) is 7.13. The topological polar surface area (TPSA) is 107 Å². The van der Waals surface area contributed by atoms with E-state index < -0.39 is 41.4 Å². The van der Waals surface area contributed by atoms with Gasteiger partial charge in [0.05, 0.1) is 5.69 Å². The number of alkyl halides is 3. The third kappa shape index (κ3) is 4.14. The van der Waals surface area contributed by atoms with Crippen molar-refractivity contribution in [1.82, 2.24) is 4.72 Å². The van der Waals surface area contributed by atoms with Gasteiger partial charge in [-0.3, -0.25) is 4.79 Å². The average Bonchev–Trinajstić information content (AvgIpc) is 2.85. The summed E-state index contributed by atoms with van der Waals surface area (Å²) in [6.07, 6.45) is -7.07. The first-order valence-corrected chi connectivity index (χ1v) is 9.75. The molecule has 152 valence electrons. The van der Waals surface area contributed by atoms with Gasteiger partial charge in [0.15, 0.2) is 0 Å². The Morgan fingerprint density at radius 1 is 1.18 bits per heavy atom. The van der Waals surface area contributed by atoms with Gasteiger partial charge in [0.2, 0.25) is 0 Å². The number of amides is 1. The molecule has 0 spiro atoms. The zero-order valence-corrected chi connectivity index (χ0v) is 15.2. The molecule has 0 radical (unpaired) electrons. The number of halogens is 3. The Hall–Kier alpha value is -2.53. The minimum absolute atomic E-state index is 0.0736. The van der Waals surface area contributed by atoms with Crippen molar-refractivity contribution >= 4 is 32.6 Å². The van der Waals surface area contributed by atoms with Crippen LogP contribution in [0.15, 0.2) is 30.3 Å². The van der Waals surface area contributed by atoms with Crippen molar-refractivity contribution in [3.8, 4) is 5.75 Å². The number of aliphatic hydroxyl groups excluding tert-OH is 1. The monoisotopic (exact) mass is 418 g/mol. The number of phenolic OH excluding ortho intramolecular Hbond substituents is 1. The number of nitrogens with zero attached hydrogens (tertiary/aromatic N) is 1. The number of fused-ring (bicyclic) bond motifs is 1. The third-order valence-corrected chi connectivity index (χ3v) is 5.80. The van der Waals surface area contributed by atoms with Crippen molar-refractivity contribution in [3.05, 3.63) is 35.9 Å². The maximum absolute atomic E-state index is 12.3. The summed E-state index contributed by atoms with van der Waals surface area (Å²) in [5.41, 5.74) is 0.618. The van der Waals surface area contributed by atoms with Gasteiger partial charge < -0.3 is 10.2 Å². The van der Waals surface area contributed by atoms with Crippen LogP contribution in [-0.4, -0.2) is 43.4 Å². The van der Waals surface area contributed by atoms with E-state index in [1.807, 2.05) is 4.72 Å². The summed E-state index contributed by atoms with van der Waals surface area (Å²) in [6.45, 7) is -0.462. The minimum atomic E-state index is -4.65. The van der Waals surface area contributed by atoms with E-state index in [2.05, 4.69) is 0 Å². The molecular weight excluding hydrogens is 401 g/mol. The molecule has 1 aliphatic heterocycles. The Balaban J connectivity index is 1.84. The molecule has 1 amide bonds. The number of phenols is 1. The number of hydrogen-bond donors (Lipinski definition) is 3. The Labute approximate surface area is 158 Å². The van der Waals surface area contributed by atoms with Gasteiger partial charge in [0.25, 0.3) is 5.91 Å². The third-order valence-electron chi connectivity index (χ3n) is 4.41. The number of rotatable bonds is 5. The molecule has 28 heavy (non-hydrogen) atoms. The fourth-order valence-corrected chi connectivity index (χ4v) is 4.16. The number of aryl methyl sites for hydroxylation is 1. The molecule has 1 aliphatic rings. The van der Waals surface area contributed by atoms with E-state index in [9.17, 15) is 31.5 Å². The van der Waals surface area contributed by atoms with Crippen molar-refractivity contribution < 1.29 is 36.6 Å². The van der Waals surface area contributed by atoms with Crippen molar-refractivity contribution in [2.24, 2.45) is 0 Å². The van der Waals surface area contributed by atoms with Gasteiger partial charge in [-0.2, -0.15) is 21.6 Å². The van der Waals surface area contributed by atoms with E-state index in [1.54, 1.807) is 18.2 Å². The summed E-state index contributed by atoms with van der Waals surface area (Å²) >= 11 is 0. The first-order chi connectivity index (χ1) is 13.0. The van der Waals surface area contributed by atoms with Gasteiger partial charge in [-0.05, 0) is 47.7 Å². The molecule has 2 aromatic carbocycles. The van der Waals surface area contributed by atoms with Gasteiger partial charge in [-0.25, -0.2) is 9.03 Å². The first kappa shape index (κ1) is 20.2. The van der Waals surface area contributed by atoms with Crippen molar-refractivity contribution in [2.75, 3.05) is 10.8 Å². The van der Waals surface area contributed by atoms with Gasteiger partial charge in [0.1, 0.15) is 18.4 Å². The number of hydrogen-bond acceptors (Lipinski definition) is 5. The number of aromatic hydroxyl groups is 1. The highest BCUT2D eigenvalue weighted by molar-refractivity contribution is 7.92. The zero-order valence-electron chi connectivity index (χ0n) is 14.4. The number of carbonyl (C=O) groups is 1. The predicted octanol–water partition coefficient (Wildman–Crippen LogP) is 1.97. The van der Waals surface area contributed by atoms with E-state index in [0.717, 1.165) is 4.31 Å². The molecule has 2 aromatic rings. The van der Waals surface area contributed by atoms with Gasteiger partial charge >= 0.3 is 16.4 Å². The fraction of sp³-hybridized carbons (Fsp3) is 0.353. The second-order valence-corrected chi connectivity index (χ2v) is 8.10. The van der Waals surface area contributed by atoms with E-state index in [-0.39, 0.29) is 24.3 Å². The summed E-state index contributed by atoms with van der Waals surface area (Å²) < 4.78 is 63.6. The average molecular weight is 418 g/mol. The number of benzene rings is 2. The molecule has 1 heterocycles. The summed E-state index contributed by atoms with van der Waals surface area (Å²) in [7, 11) is -4.09. The first-order valence-electron chi connectivity index (χ1n) is 8.31. The van der Waals surface area contributed by atoms with Crippen molar-refractivity contribution in [2.45, 2.75) is 31.5 Å². The van der Waals surface area contributed by atoms with Crippen LogP contribution in [0.1, 0.15) is 18.4 Å². The van der Waals surface area contributed by atoms with Crippen LogP contribution in [0.5, 0.6) is 5.75 Å². The lowest BCUT2D eigenvalue weighted by Crippen LogP contribution is -2.29. The summed E-state index contributed by atoms with van der Waals surface area (Å²) in [5.74, 6) is -1.05. The molecule has 1 saturated heterocycles. The molecule has 3 N–H and O–H groups in total. The van der Waals surface area contributed by atoms with E-state index in [0.29, 0.717) is 16.3 Å². The molecule has 0 saturated carbocycles. The molecule has 0 bridgehead atoms. The number of aliphatic hydroxyl groups is 1. The van der Waals surface area contributed by atoms with Crippen LogP contribution in [0.3, 0.4) is 0 Å². The fourth-order valence-electron chi connectivity index (χ4n) is 3.00. The summed E-state index contributed by atoms with van der Waals surface area (Å²) in [5, 5.41) is 20.3. The maximum atomic E-state index is 12.3. The Morgan fingerprint density at radius 3 is 2.50 bits per heavy atom. The molecule has 3 rings (SSSR count). The molecule has 1 fully saturated rings. The van der Waals surface area contributed by atoms with Crippen molar-refractivity contribution in [3.63, 3.8) is 0 Å². The van der Waals surface area contributed by atoms with Crippen LogP contribution in [0, 0.1) is 0 Å². The van der Waals surface area contributed by atoms with Crippen LogP contribution in [0.4, 0.5) is 18.9 Å². The lowest BCUT2D eigenvalue weighted by Gasteiger charge is -2.17. The molecule has 11 heteroatoms. The smallest absolute Gasteiger partial charge is 0.414 e. The Kier molecular flexibility index (Phi) is 5.15. The van der Waals surface area contributed by atoms with Crippen LogP contribution < -0.4 is 9.03 Å². The summed E-state index contributed by atoms with van der Waals surface area (Å²) in [4.78, 5) is 11.4. The second-order valence-electron chi connectivity index (χ2n) is 6.51. The number of nitrogens with one attached hydrogen (secondary N) is 1. The van der Waals surface area contributed by atoms with Gasteiger partial charge in [0, 0.05) is 0 Å². The van der Waals surface area contributed by atoms with E-state index in [1.165, 1.54) is 12.1 Å². The largest absolute Gasteiger partial charge is 0.506 e.